The molecule has 0 spiro atoms. The predicted molar refractivity (Wildman–Crippen MR) is 71.9 cm³/mol. The molecule has 104 valence electrons. The highest BCUT2D eigenvalue weighted by Crippen LogP contribution is 2.15. The summed E-state index contributed by atoms with van der Waals surface area (Å²) < 4.78 is 30.0. The van der Waals surface area contributed by atoms with E-state index in [0.29, 0.717) is 5.56 Å². The molecule has 0 fully saturated rings. The number of carbonyl (C=O) groups excluding carboxylic acids is 1. The van der Waals surface area contributed by atoms with Crippen LogP contribution in [0.2, 0.25) is 0 Å². The Hall–Kier alpha value is -1.66. The van der Waals surface area contributed by atoms with Crippen molar-refractivity contribution in [3.63, 3.8) is 0 Å². The lowest BCUT2D eigenvalue weighted by molar-refractivity contribution is -0.139. The number of hydrogen-bond donors (Lipinski definition) is 0. The lowest BCUT2D eigenvalue weighted by atomic mass is 10.2. The molecule has 0 atom stereocenters. The van der Waals surface area contributed by atoms with Gasteiger partial charge in [-0.05, 0) is 24.6 Å². The van der Waals surface area contributed by atoms with Gasteiger partial charge in [0, 0.05) is 20.2 Å². The number of rotatable bonds is 5. The maximum atomic E-state index is 11.9. The lowest BCUT2D eigenvalue weighted by Crippen LogP contribution is -2.22. The molecule has 0 aromatic heterocycles. The standard InChI is InChI=1S/C13H17NO4S/c1-4-6-13(15)18-10-11-7-5-8-12(9-11)19(16,17)14(2)3/h4-9H,10H2,1-3H3. The average Bonchev–Trinajstić information content (AvgIpc) is 2.37. The minimum atomic E-state index is -3.47. The highest BCUT2D eigenvalue weighted by atomic mass is 32.2. The molecule has 0 N–H and O–H groups in total. The van der Waals surface area contributed by atoms with Crippen LogP contribution in [0, 0.1) is 0 Å². The van der Waals surface area contributed by atoms with Crippen LogP contribution in [0.25, 0.3) is 0 Å². The van der Waals surface area contributed by atoms with Crippen LogP contribution >= 0.6 is 0 Å². The van der Waals surface area contributed by atoms with Crippen LogP contribution in [-0.2, 0) is 26.2 Å². The number of hydrogen-bond acceptors (Lipinski definition) is 4. The Kier molecular flexibility index (Phi) is 5.26. The summed E-state index contributed by atoms with van der Waals surface area (Å²) in [6, 6.07) is 6.33. The van der Waals surface area contributed by atoms with Crippen molar-refractivity contribution in [2.75, 3.05) is 14.1 Å². The second kappa shape index (κ2) is 6.49. The van der Waals surface area contributed by atoms with Crippen molar-refractivity contribution in [2.45, 2.75) is 18.4 Å². The van der Waals surface area contributed by atoms with E-state index in [0.717, 1.165) is 4.31 Å². The van der Waals surface area contributed by atoms with E-state index in [9.17, 15) is 13.2 Å². The smallest absolute Gasteiger partial charge is 0.330 e. The van der Waals surface area contributed by atoms with E-state index < -0.39 is 16.0 Å². The van der Waals surface area contributed by atoms with Gasteiger partial charge in [0.05, 0.1) is 4.90 Å². The lowest BCUT2D eigenvalue weighted by Gasteiger charge is -2.12. The van der Waals surface area contributed by atoms with Gasteiger partial charge in [-0.25, -0.2) is 17.5 Å². The maximum absolute atomic E-state index is 11.9. The van der Waals surface area contributed by atoms with Crippen molar-refractivity contribution in [2.24, 2.45) is 0 Å². The van der Waals surface area contributed by atoms with Gasteiger partial charge in [-0.2, -0.15) is 0 Å². The van der Waals surface area contributed by atoms with Crippen molar-refractivity contribution in [1.29, 1.82) is 0 Å². The molecule has 0 saturated heterocycles. The molecule has 0 unspecified atom stereocenters. The average molecular weight is 283 g/mol. The zero-order chi connectivity index (χ0) is 14.5. The van der Waals surface area contributed by atoms with Gasteiger partial charge in [-0.15, -0.1) is 0 Å². The molecular formula is C13H17NO4S. The zero-order valence-electron chi connectivity index (χ0n) is 11.2. The van der Waals surface area contributed by atoms with Crippen LogP contribution in [0.5, 0.6) is 0 Å². The fourth-order valence-electron chi connectivity index (χ4n) is 1.35. The Morgan fingerprint density at radius 1 is 1.37 bits per heavy atom. The van der Waals surface area contributed by atoms with Gasteiger partial charge in [0.15, 0.2) is 0 Å². The van der Waals surface area contributed by atoms with Crippen molar-refractivity contribution < 1.29 is 17.9 Å². The minimum Gasteiger partial charge on any atom is -0.458 e. The van der Waals surface area contributed by atoms with Crippen LogP contribution in [0.3, 0.4) is 0 Å². The maximum Gasteiger partial charge on any atom is 0.330 e. The Morgan fingerprint density at radius 2 is 2.05 bits per heavy atom. The second-order valence-corrected chi connectivity index (χ2v) is 6.19. The van der Waals surface area contributed by atoms with Gasteiger partial charge in [0.2, 0.25) is 10.0 Å². The van der Waals surface area contributed by atoms with Crippen LogP contribution in [-0.4, -0.2) is 32.8 Å². The fraction of sp³-hybridized carbons (Fsp3) is 0.308. The van der Waals surface area contributed by atoms with Crippen molar-refractivity contribution in [1.82, 2.24) is 4.31 Å². The van der Waals surface area contributed by atoms with E-state index >= 15 is 0 Å². The third-order valence-electron chi connectivity index (χ3n) is 2.36. The highest BCUT2D eigenvalue weighted by Gasteiger charge is 2.17. The SMILES string of the molecule is CC=CC(=O)OCc1cccc(S(=O)(=O)N(C)C)c1. The number of esters is 1. The number of nitrogens with zero attached hydrogens (tertiary/aromatic N) is 1. The molecule has 6 heteroatoms. The summed E-state index contributed by atoms with van der Waals surface area (Å²) in [5.74, 6) is -0.455. The summed E-state index contributed by atoms with van der Waals surface area (Å²) in [5.41, 5.74) is 0.626. The summed E-state index contributed by atoms with van der Waals surface area (Å²) in [5, 5.41) is 0. The van der Waals surface area contributed by atoms with Crippen LogP contribution < -0.4 is 0 Å². The molecule has 5 nitrogen and oxygen atoms in total. The minimum absolute atomic E-state index is 0.0416. The monoisotopic (exact) mass is 283 g/mol. The Bertz CT molecular complexity index is 576. The Labute approximate surface area is 113 Å². The van der Waals surface area contributed by atoms with E-state index in [4.69, 9.17) is 4.74 Å². The van der Waals surface area contributed by atoms with Crippen molar-refractivity contribution in [3.8, 4) is 0 Å². The number of carbonyl (C=O) groups is 1. The summed E-state index contributed by atoms with van der Waals surface area (Å²) in [6.45, 7) is 1.76. The second-order valence-electron chi connectivity index (χ2n) is 4.04. The van der Waals surface area contributed by atoms with E-state index in [1.165, 1.54) is 32.3 Å². The third-order valence-corrected chi connectivity index (χ3v) is 4.17. The van der Waals surface area contributed by atoms with Gasteiger partial charge in [0.25, 0.3) is 0 Å². The predicted octanol–water partition coefficient (Wildman–Crippen LogP) is 1.56. The molecule has 19 heavy (non-hydrogen) atoms. The van der Waals surface area contributed by atoms with Gasteiger partial charge in [0.1, 0.15) is 6.61 Å². The summed E-state index contributed by atoms with van der Waals surface area (Å²) >= 11 is 0. The number of ether oxygens (including phenoxy) is 1. The molecule has 1 rings (SSSR count). The molecule has 1 aromatic rings. The first kappa shape index (κ1) is 15.4. The van der Waals surface area contributed by atoms with Crippen molar-refractivity contribution in [3.05, 3.63) is 42.0 Å². The van der Waals surface area contributed by atoms with E-state index in [-0.39, 0.29) is 11.5 Å². The summed E-state index contributed by atoms with van der Waals surface area (Å²) in [4.78, 5) is 11.3. The van der Waals surface area contributed by atoms with Gasteiger partial charge >= 0.3 is 5.97 Å². The van der Waals surface area contributed by atoms with Gasteiger partial charge in [-0.1, -0.05) is 18.2 Å². The van der Waals surface area contributed by atoms with Gasteiger partial charge < -0.3 is 4.74 Å². The number of sulfonamides is 1. The number of allylic oxidation sites excluding steroid dienone is 1. The molecule has 0 saturated carbocycles. The Balaban J connectivity index is 2.87. The van der Waals surface area contributed by atoms with Gasteiger partial charge in [-0.3, -0.25) is 0 Å². The van der Waals surface area contributed by atoms with Crippen LogP contribution in [0.15, 0.2) is 41.3 Å². The molecule has 1 aromatic carbocycles. The molecule has 0 bridgehead atoms. The fourth-order valence-corrected chi connectivity index (χ4v) is 2.32. The molecule has 0 amide bonds. The molecule has 0 radical (unpaired) electrons. The first-order valence-corrected chi connectivity index (χ1v) is 7.13. The zero-order valence-corrected chi connectivity index (χ0v) is 12.0. The molecule has 0 aliphatic rings. The molecule has 0 aliphatic carbocycles. The molecular weight excluding hydrogens is 266 g/mol. The number of benzene rings is 1. The molecule has 0 aliphatic heterocycles. The van der Waals surface area contributed by atoms with E-state index in [2.05, 4.69) is 0 Å². The first-order valence-electron chi connectivity index (χ1n) is 5.69. The first-order chi connectivity index (χ1) is 8.87. The molecule has 0 heterocycles. The van der Waals surface area contributed by atoms with Crippen LogP contribution in [0.4, 0.5) is 0 Å². The van der Waals surface area contributed by atoms with Crippen molar-refractivity contribution >= 4 is 16.0 Å². The van der Waals surface area contributed by atoms with E-state index in [1.807, 2.05) is 0 Å². The normalized spacial score (nSPS) is 12.0. The quantitative estimate of drug-likeness (QED) is 0.607. The largest absolute Gasteiger partial charge is 0.458 e. The topological polar surface area (TPSA) is 63.7 Å². The summed E-state index contributed by atoms with van der Waals surface area (Å²) in [6.07, 6.45) is 2.88. The summed E-state index contributed by atoms with van der Waals surface area (Å²) in [7, 11) is -0.537. The highest BCUT2D eigenvalue weighted by molar-refractivity contribution is 7.89. The van der Waals surface area contributed by atoms with Crippen LogP contribution in [0.1, 0.15) is 12.5 Å². The van der Waals surface area contributed by atoms with E-state index in [1.54, 1.807) is 25.1 Å². The third kappa shape index (κ3) is 4.18. The Morgan fingerprint density at radius 3 is 2.63 bits per heavy atom.